The standard InChI is InChI=1S/C26H30BrN3O7.CH2O2/c1-4-29(5-2)25(34)15-11-17-16-7-6-8-19-23(16)18(12-20(17)28(3)13-15)24(27)30(19)26(35)37-14-36-22(33)10-9-21(31)32;2-1-3/h6-8,11,15,20H,4-5,9-10,12-14H2,1-3H3,(H,31,32);1H,(H,2,3)/t15-,20-;/m1./s1. The van der Waals surface area contributed by atoms with E-state index in [0.717, 1.165) is 22.1 Å². The first-order valence-electron chi connectivity index (χ1n) is 12.7. The summed E-state index contributed by atoms with van der Waals surface area (Å²) in [6.07, 6.45) is 1.33. The molecule has 40 heavy (non-hydrogen) atoms. The van der Waals surface area contributed by atoms with Crippen LogP contribution in [0.1, 0.15) is 37.8 Å². The van der Waals surface area contributed by atoms with E-state index in [2.05, 4.69) is 26.9 Å². The number of fused-ring (bicyclic) bond motifs is 2. The number of benzene rings is 1. The van der Waals surface area contributed by atoms with Crippen LogP contribution in [0.3, 0.4) is 0 Å². The van der Waals surface area contributed by atoms with Crippen molar-refractivity contribution in [1.29, 1.82) is 0 Å². The van der Waals surface area contributed by atoms with E-state index < -0.39 is 24.8 Å². The summed E-state index contributed by atoms with van der Waals surface area (Å²) < 4.78 is 12.0. The minimum atomic E-state index is -1.12. The van der Waals surface area contributed by atoms with Crippen LogP contribution in [0.5, 0.6) is 0 Å². The molecule has 0 saturated carbocycles. The van der Waals surface area contributed by atoms with Crippen LogP contribution in [0.4, 0.5) is 4.79 Å². The first-order valence-corrected chi connectivity index (χ1v) is 13.5. The zero-order chi connectivity index (χ0) is 29.6. The highest BCUT2D eigenvalue weighted by Gasteiger charge is 2.38. The van der Waals surface area contributed by atoms with Crippen LogP contribution < -0.4 is 0 Å². The van der Waals surface area contributed by atoms with Crippen molar-refractivity contribution in [3.05, 3.63) is 40.0 Å². The maximum atomic E-state index is 13.2. The van der Waals surface area contributed by atoms with Crippen molar-refractivity contribution < 1.29 is 43.7 Å². The fourth-order valence-corrected chi connectivity index (χ4v) is 5.88. The van der Waals surface area contributed by atoms with Crippen molar-refractivity contribution in [2.45, 2.75) is 39.2 Å². The summed E-state index contributed by atoms with van der Waals surface area (Å²) in [5.74, 6) is -2.02. The molecule has 1 aliphatic carbocycles. The molecule has 0 fully saturated rings. The molecule has 1 aliphatic heterocycles. The third-order valence-electron chi connectivity index (χ3n) is 7.02. The van der Waals surface area contributed by atoms with Gasteiger partial charge in [-0.1, -0.05) is 18.2 Å². The van der Waals surface area contributed by atoms with Crippen molar-refractivity contribution in [3.63, 3.8) is 0 Å². The quantitative estimate of drug-likeness (QED) is 0.255. The van der Waals surface area contributed by atoms with Gasteiger partial charge in [-0.05, 0) is 66.0 Å². The lowest BCUT2D eigenvalue weighted by Gasteiger charge is -2.40. The van der Waals surface area contributed by atoms with E-state index in [1.165, 1.54) is 4.57 Å². The molecular formula is C27H32BrN3O9. The summed E-state index contributed by atoms with van der Waals surface area (Å²) >= 11 is 3.58. The van der Waals surface area contributed by atoms with Crippen LogP contribution in [0.25, 0.3) is 16.5 Å². The zero-order valence-electron chi connectivity index (χ0n) is 22.5. The molecular weight excluding hydrogens is 590 g/mol. The molecule has 2 aliphatic rings. The van der Waals surface area contributed by atoms with Gasteiger partial charge in [-0.2, -0.15) is 0 Å². The van der Waals surface area contributed by atoms with Gasteiger partial charge in [0.15, 0.2) is 0 Å². The van der Waals surface area contributed by atoms with Gasteiger partial charge in [0.05, 0.1) is 28.9 Å². The largest absolute Gasteiger partial charge is 0.483 e. The molecule has 1 aromatic heterocycles. The third kappa shape index (κ3) is 6.36. The summed E-state index contributed by atoms with van der Waals surface area (Å²) in [6.45, 7) is 5.03. The number of nitrogens with zero attached hydrogens (tertiary/aromatic N) is 3. The molecule has 0 bridgehead atoms. The Morgan fingerprint density at radius 2 is 1.82 bits per heavy atom. The topological polar surface area (TPSA) is 156 Å². The number of aromatic nitrogens is 1. The Labute approximate surface area is 239 Å². The Morgan fingerprint density at radius 3 is 2.45 bits per heavy atom. The fourth-order valence-electron chi connectivity index (χ4n) is 5.19. The molecule has 1 aromatic carbocycles. The number of esters is 1. The molecule has 0 saturated heterocycles. The fraction of sp³-hybridized carbons (Fsp3) is 0.444. The van der Waals surface area contributed by atoms with Gasteiger partial charge in [-0.3, -0.25) is 24.1 Å². The highest BCUT2D eigenvalue weighted by molar-refractivity contribution is 9.10. The highest BCUT2D eigenvalue weighted by atomic mass is 79.9. The van der Waals surface area contributed by atoms with Gasteiger partial charge in [0.25, 0.3) is 6.47 Å². The van der Waals surface area contributed by atoms with Crippen molar-refractivity contribution in [1.82, 2.24) is 14.4 Å². The molecule has 2 atom stereocenters. The van der Waals surface area contributed by atoms with Gasteiger partial charge in [0.1, 0.15) is 0 Å². The highest BCUT2D eigenvalue weighted by Crippen LogP contribution is 2.45. The summed E-state index contributed by atoms with van der Waals surface area (Å²) in [5.41, 5.74) is 3.65. The maximum Gasteiger partial charge on any atom is 0.422 e. The summed E-state index contributed by atoms with van der Waals surface area (Å²) in [6, 6.07) is 5.74. The predicted octanol–water partition coefficient (Wildman–Crippen LogP) is 3.19. The number of aliphatic carboxylic acids is 1. The van der Waals surface area contributed by atoms with Gasteiger partial charge >= 0.3 is 18.0 Å². The van der Waals surface area contributed by atoms with Crippen LogP contribution in [0, 0.1) is 5.92 Å². The number of carboxylic acids is 1. The number of carboxylic acid groups (broad SMARTS) is 2. The van der Waals surface area contributed by atoms with Gasteiger partial charge in [0, 0.05) is 31.1 Å². The number of hydrogen-bond donors (Lipinski definition) is 2. The predicted molar refractivity (Wildman–Crippen MR) is 148 cm³/mol. The van der Waals surface area contributed by atoms with E-state index in [4.69, 9.17) is 24.5 Å². The first-order chi connectivity index (χ1) is 19.1. The van der Waals surface area contributed by atoms with Crippen molar-refractivity contribution in [3.8, 4) is 0 Å². The molecule has 4 rings (SSSR count). The number of carbonyl (C=O) groups is 5. The Kier molecular flexibility index (Phi) is 10.5. The van der Waals surface area contributed by atoms with Crippen molar-refractivity contribution in [2.24, 2.45) is 5.92 Å². The second kappa shape index (κ2) is 13.6. The second-order valence-corrected chi connectivity index (χ2v) is 10.00. The normalized spacial score (nSPS) is 17.6. The molecule has 1 amide bonds. The van der Waals surface area contributed by atoms with E-state index in [0.29, 0.717) is 36.2 Å². The Bertz CT molecular complexity index is 1330. The summed E-state index contributed by atoms with van der Waals surface area (Å²) in [7, 11) is 2.02. The lowest BCUT2D eigenvalue weighted by molar-refractivity contribution is -0.154. The Balaban J connectivity index is 0.00000141. The molecule has 13 heteroatoms. The number of halogens is 1. The Morgan fingerprint density at radius 1 is 1.15 bits per heavy atom. The second-order valence-electron chi connectivity index (χ2n) is 9.25. The molecule has 2 heterocycles. The van der Waals surface area contributed by atoms with Crippen LogP contribution in [-0.4, -0.2) is 94.5 Å². The van der Waals surface area contributed by atoms with Crippen molar-refractivity contribution >= 4 is 62.8 Å². The Hall–Kier alpha value is -3.71. The molecule has 2 N–H and O–H groups in total. The lowest BCUT2D eigenvalue weighted by atomic mass is 9.79. The van der Waals surface area contributed by atoms with E-state index in [9.17, 15) is 19.2 Å². The maximum absolute atomic E-state index is 13.2. The van der Waals surface area contributed by atoms with Gasteiger partial charge in [-0.25, -0.2) is 9.36 Å². The monoisotopic (exact) mass is 621 g/mol. The summed E-state index contributed by atoms with van der Waals surface area (Å²) in [5, 5.41) is 16.5. The average Bonchev–Trinajstić information content (AvgIpc) is 3.21. The molecule has 2 aromatic rings. The molecule has 0 spiro atoms. The molecule has 12 nitrogen and oxygen atoms in total. The van der Waals surface area contributed by atoms with Gasteiger partial charge < -0.3 is 24.6 Å². The van der Waals surface area contributed by atoms with E-state index in [-0.39, 0.29) is 37.2 Å². The number of ether oxygens (including phenoxy) is 2. The third-order valence-corrected chi connectivity index (χ3v) is 7.85. The minimum absolute atomic E-state index is 0.0530. The lowest BCUT2D eigenvalue weighted by Crippen LogP contribution is -2.47. The number of carbonyl (C=O) groups excluding carboxylic acids is 3. The minimum Gasteiger partial charge on any atom is -0.483 e. The van der Waals surface area contributed by atoms with E-state index in [1.807, 2.05) is 44.0 Å². The number of amides is 1. The van der Waals surface area contributed by atoms with Crippen molar-refractivity contribution in [2.75, 3.05) is 33.5 Å². The van der Waals surface area contributed by atoms with E-state index >= 15 is 0 Å². The number of rotatable bonds is 8. The van der Waals surface area contributed by atoms with Crippen LogP contribution >= 0.6 is 15.9 Å². The molecule has 0 unspecified atom stereocenters. The smallest absolute Gasteiger partial charge is 0.422 e. The van der Waals surface area contributed by atoms with E-state index in [1.54, 1.807) is 0 Å². The number of hydrogen-bond acceptors (Lipinski definition) is 8. The zero-order valence-corrected chi connectivity index (χ0v) is 24.0. The van der Waals surface area contributed by atoms with Crippen LogP contribution in [-0.2, 0) is 35.1 Å². The molecule has 216 valence electrons. The van der Waals surface area contributed by atoms with Crippen LogP contribution in [0.15, 0.2) is 28.9 Å². The summed E-state index contributed by atoms with van der Waals surface area (Å²) in [4.78, 5) is 60.8. The van der Waals surface area contributed by atoms with Gasteiger partial charge in [-0.15, -0.1) is 0 Å². The van der Waals surface area contributed by atoms with Gasteiger partial charge in [0.2, 0.25) is 12.7 Å². The number of likely N-dealkylation sites (N-methyl/N-ethyl adjacent to an activating group) is 1. The molecule has 0 radical (unpaired) electrons. The SMILES string of the molecule is CCN(CC)C(=O)[C@@H]1C=C2c3cccc4c3c(c(Br)n4C(=O)OCOC(=O)CCC(=O)O)C[C@H]2N(C)C1.O=CO. The average molecular weight is 622 g/mol. The van der Waals surface area contributed by atoms with Crippen LogP contribution in [0.2, 0.25) is 0 Å². The first kappa shape index (κ1) is 30.8.